The fourth-order valence-corrected chi connectivity index (χ4v) is 3.82. The quantitative estimate of drug-likeness (QED) is 0.440. The summed E-state index contributed by atoms with van der Waals surface area (Å²) >= 11 is 1.64. The van der Waals surface area contributed by atoms with Gasteiger partial charge in [0.15, 0.2) is 6.29 Å². The SMILES string of the molecule is CC(=O)N[C@H]1[C@H](OC(C)(C)CC(C)(C)C(C)=O)O[C@H](CO)[C@H](O)[C@@H]1OI. The monoisotopic (exact) mass is 487 g/mol. The van der Waals surface area contributed by atoms with Crippen molar-refractivity contribution in [1.82, 2.24) is 5.32 Å². The number of carbonyl (C=O) groups is 2. The zero-order valence-electron chi connectivity index (χ0n) is 16.1. The van der Waals surface area contributed by atoms with Gasteiger partial charge in [-0.25, -0.2) is 0 Å². The largest absolute Gasteiger partial charge is 0.394 e. The molecule has 0 bridgehead atoms. The van der Waals surface area contributed by atoms with Crippen molar-refractivity contribution in [3.8, 4) is 0 Å². The number of hydrogen-bond acceptors (Lipinski definition) is 7. The van der Waals surface area contributed by atoms with Crippen LogP contribution in [0.25, 0.3) is 0 Å². The van der Waals surface area contributed by atoms with Crippen LogP contribution in [0.1, 0.15) is 48.0 Å². The van der Waals surface area contributed by atoms with Crippen molar-refractivity contribution < 1.29 is 32.3 Å². The van der Waals surface area contributed by atoms with E-state index in [1.54, 1.807) is 23.0 Å². The van der Waals surface area contributed by atoms with Gasteiger partial charge in [-0.05, 0) is 27.2 Å². The van der Waals surface area contributed by atoms with Crippen molar-refractivity contribution in [2.75, 3.05) is 6.61 Å². The first-order chi connectivity index (χ1) is 11.8. The van der Waals surface area contributed by atoms with Gasteiger partial charge in [-0.2, -0.15) is 0 Å². The van der Waals surface area contributed by atoms with Gasteiger partial charge >= 0.3 is 0 Å². The van der Waals surface area contributed by atoms with E-state index < -0.39 is 48.3 Å². The second kappa shape index (κ2) is 9.24. The Labute approximate surface area is 168 Å². The lowest BCUT2D eigenvalue weighted by atomic mass is 9.79. The first-order valence-corrected chi connectivity index (χ1v) is 9.40. The molecular weight excluding hydrogens is 457 g/mol. The number of ketones is 1. The Bertz CT molecular complexity index is 511. The molecule has 1 rings (SSSR count). The highest BCUT2D eigenvalue weighted by Gasteiger charge is 2.49. The Hall–Kier alpha value is -0.330. The van der Waals surface area contributed by atoms with Crippen molar-refractivity contribution >= 4 is 34.7 Å². The van der Waals surface area contributed by atoms with Gasteiger partial charge in [0.2, 0.25) is 5.91 Å². The van der Waals surface area contributed by atoms with Gasteiger partial charge in [0.05, 0.1) is 12.2 Å². The van der Waals surface area contributed by atoms with Crippen molar-refractivity contribution in [3.63, 3.8) is 0 Å². The van der Waals surface area contributed by atoms with Crippen molar-refractivity contribution in [2.45, 2.75) is 84.2 Å². The van der Waals surface area contributed by atoms with Crippen LogP contribution >= 0.6 is 23.0 Å². The Morgan fingerprint density at radius 1 is 1.23 bits per heavy atom. The van der Waals surface area contributed by atoms with Crippen LogP contribution in [-0.4, -0.2) is 64.8 Å². The van der Waals surface area contributed by atoms with Crippen LogP contribution in [0.3, 0.4) is 0 Å². The van der Waals surface area contributed by atoms with Gasteiger partial charge in [-0.3, -0.25) is 9.59 Å². The molecule has 1 aliphatic heterocycles. The lowest BCUT2D eigenvalue weighted by Gasteiger charge is -2.46. The number of aliphatic hydroxyl groups is 2. The Morgan fingerprint density at radius 3 is 2.23 bits per heavy atom. The van der Waals surface area contributed by atoms with Crippen LogP contribution in [0.15, 0.2) is 0 Å². The molecule has 0 aromatic rings. The first kappa shape index (κ1) is 23.7. The van der Waals surface area contributed by atoms with Crippen LogP contribution in [0.5, 0.6) is 0 Å². The molecular formula is C17H30INO7. The van der Waals surface area contributed by atoms with E-state index in [1.807, 2.05) is 27.7 Å². The van der Waals surface area contributed by atoms with Crippen molar-refractivity contribution in [2.24, 2.45) is 5.41 Å². The summed E-state index contributed by atoms with van der Waals surface area (Å²) < 4.78 is 17.1. The molecule has 0 aromatic heterocycles. The zero-order chi connectivity index (χ0) is 20.3. The molecule has 0 unspecified atom stereocenters. The maximum atomic E-state index is 11.9. The van der Waals surface area contributed by atoms with E-state index in [-0.39, 0.29) is 11.7 Å². The summed E-state index contributed by atoms with van der Waals surface area (Å²) in [4.78, 5) is 23.5. The van der Waals surface area contributed by atoms with E-state index >= 15 is 0 Å². The maximum Gasteiger partial charge on any atom is 0.217 e. The average molecular weight is 487 g/mol. The van der Waals surface area contributed by atoms with Gasteiger partial charge in [0.25, 0.3) is 0 Å². The molecule has 9 heteroatoms. The second-order valence-corrected chi connectivity index (χ2v) is 8.50. The molecule has 5 atom stereocenters. The first-order valence-electron chi connectivity index (χ1n) is 8.52. The van der Waals surface area contributed by atoms with E-state index in [2.05, 4.69) is 5.32 Å². The summed E-state index contributed by atoms with van der Waals surface area (Å²) in [6, 6.07) is -0.776. The molecule has 0 aliphatic carbocycles. The summed E-state index contributed by atoms with van der Waals surface area (Å²) in [5, 5.41) is 22.5. The number of carbonyl (C=O) groups excluding carboxylic acids is 2. The summed E-state index contributed by atoms with van der Waals surface area (Å²) in [7, 11) is 0. The van der Waals surface area contributed by atoms with Gasteiger partial charge in [0.1, 0.15) is 53.1 Å². The fraction of sp³-hybridized carbons (Fsp3) is 0.882. The minimum Gasteiger partial charge on any atom is -0.394 e. The van der Waals surface area contributed by atoms with Crippen LogP contribution in [0, 0.1) is 5.41 Å². The van der Waals surface area contributed by atoms with Gasteiger partial charge < -0.3 is 28.1 Å². The number of nitrogens with one attached hydrogen (secondary N) is 1. The third-order valence-electron chi connectivity index (χ3n) is 4.58. The summed E-state index contributed by atoms with van der Waals surface area (Å²) in [5.41, 5.74) is -1.37. The number of Topliss-reactive ketones (excluding diaryl/α,β-unsaturated/α-hetero) is 1. The third kappa shape index (κ3) is 6.10. The molecule has 3 N–H and O–H groups in total. The average Bonchev–Trinajstić information content (AvgIpc) is 2.48. The molecule has 26 heavy (non-hydrogen) atoms. The molecule has 1 amide bonds. The smallest absolute Gasteiger partial charge is 0.217 e. The van der Waals surface area contributed by atoms with E-state index in [4.69, 9.17) is 12.5 Å². The Kier molecular flexibility index (Phi) is 8.43. The normalized spacial score (nSPS) is 30.1. The van der Waals surface area contributed by atoms with E-state index in [0.29, 0.717) is 6.42 Å². The molecule has 1 aliphatic rings. The van der Waals surface area contributed by atoms with E-state index in [1.165, 1.54) is 13.8 Å². The number of ether oxygens (including phenoxy) is 2. The molecule has 0 radical (unpaired) electrons. The summed E-state index contributed by atoms with van der Waals surface area (Å²) in [6.45, 7) is 9.77. The number of aliphatic hydroxyl groups excluding tert-OH is 2. The van der Waals surface area contributed by atoms with Crippen molar-refractivity contribution in [1.29, 1.82) is 0 Å². The van der Waals surface area contributed by atoms with Gasteiger partial charge in [0, 0.05) is 12.3 Å². The van der Waals surface area contributed by atoms with E-state index in [0.717, 1.165) is 0 Å². The van der Waals surface area contributed by atoms with Gasteiger partial charge in [-0.15, -0.1) is 0 Å². The number of amides is 1. The zero-order valence-corrected chi connectivity index (χ0v) is 18.3. The molecule has 0 spiro atoms. The molecule has 0 saturated carbocycles. The van der Waals surface area contributed by atoms with Crippen LogP contribution in [0.2, 0.25) is 0 Å². The Morgan fingerprint density at radius 2 is 1.81 bits per heavy atom. The lowest BCUT2D eigenvalue weighted by Crippen LogP contribution is -2.65. The van der Waals surface area contributed by atoms with Crippen molar-refractivity contribution in [3.05, 3.63) is 0 Å². The second-order valence-electron chi connectivity index (χ2n) is 7.99. The summed E-state index contributed by atoms with van der Waals surface area (Å²) in [5.74, 6) is -0.295. The molecule has 1 heterocycles. The number of rotatable bonds is 8. The predicted molar refractivity (Wildman–Crippen MR) is 102 cm³/mol. The van der Waals surface area contributed by atoms with E-state index in [9.17, 15) is 19.8 Å². The fourth-order valence-electron chi connectivity index (χ4n) is 3.21. The standard InChI is InChI=1S/C17H30INO7/c1-9(21)16(3,4)8-17(5,6)25-15-12(19-10(2)22)14(26-18)13(23)11(7-20)24-15/h11-15,20,23H,7-8H2,1-6H3,(H,19,22)/t11-,12-,13+,14-,15+/m1/s1. The number of halogens is 1. The van der Waals surface area contributed by atoms with Crippen LogP contribution < -0.4 is 5.32 Å². The van der Waals surface area contributed by atoms with Gasteiger partial charge in [-0.1, -0.05) is 13.8 Å². The highest BCUT2D eigenvalue weighted by Crippen LogP contribution is 2.35. The third-order valence-corrected chi connectivity index (χ3v) is 5.17. The highest BCUT2D eigenvalue weighted by molar-refractivity contribution is 14.1. The summed E-state index contributed by atoms with van der Waals surface area (Å²) in [6.07, 6.45) is -3.42. The minimum atomic E-state index is -1.13. The molecule has 8 nitrogen and oxygen atoms in total. The van der Waals surface area contributed by atoms with Crippen LogP contribution in [0.4, 0.5) is 0 Å². The molecule has 1 saturated heterocycles. The number of hydrogen-bond donors (Lipinski definition) is 3. The topological polar surface area (TPSA) is 114 Å². The maximum absolute atomic E-state index is 11.9. The predicted octanol–water partition coefficient (Wildman–Crippen LogP) is 1.10. The van der Waals surface area contributed by atoms with Crippen LogP contribution in [-0.2, 0) is 22.1 Å². The highest BCUT2D eigenvalue weighted by atomic mass is 127. The molecule has 0 aromatic carbocycles. The lowest BCUT2D eigenvalue weighted by molar-refractivity contribution is -0.292. The molecule has 152 valence electrons. The molecule has 1 fully saturated rings. The minimum absolute atomic E-state index is 0.0364. The Balaban J connectivity index is 3.06.